The largest absolute Gasteiger partial charge is 0.488 e. The Balaban J connectivity index is 1.98. The molecular weight excluding hydrogens is 282 g/mol. The van der Waals surface area contributed by atoms with Crippen molar-refractivity contribution in [1.29, 1.82) is 0 Å². The maximum Gasteiger partial charge on any atom is 0.274 e. The minimum Gasteiger partial charge on any atom is -0.488 e. The van der Waals surface area contributed by atoms with Crippen molar-refractivity contribution in [2.24, 2.45) is 5.10 Å². The van der Waals surface area contributed by atoms with E-state index >= 15 is 0 Å². The van der Waals surface area contributed by atoms with Crippen molar-refractivity contribution in [1.82, 2.24) is 15.2 Å². The van der Waals surface area contributed by atoms with Gasteiger partial charge in [0.1, 0.15) is 17.0 Å². The maximum atomic E-state index is 11.4. The van der Waals surface area contributed by atoms with Gasteiger partial charge in [-0.2, -0.15) is 5.10 Å². The standard InChI is InChI=1S/C15H19N5O2/c1-10-13(21)17-14(20-18-10)19-16-9-11-5-7-12(8-6-11)22-15(2,3)4/h5-9H,1-4H3,(H2,17,19,20,21)/b16-9+. The molecule has 1 heterocycles. The second-order valence-corrected chi connectivity index (χ2v) is 5.74. The first-order chi connectivity index (χ1) is 10.3. The highest BCUT2D eigenvalue weighted by atomic mass is 16.5. The van der Waals surface area contributed by atoms with Gasteiger partial charge in [-0.15, -0.1) is 10.2 Å². The average molecular weight is 301 g/mol. The van der Waals surface area contributed by atoms with E-state index < -0.39 is 0 Å². The van der Waals surface area contributed by atoms with E-state index in [1.54, 1.807) is 13.1 Å². The minimum atomic E-state index is -0.295. The maximum absolute atomic E-state index is 11.4. The molecule has 0 aliphatic heterocycles. The highest BCUT2D eigenvalue weighted by molar-refractivity contribution is 5.80. The Morgan fingerprint density at radius 2 is 1.91 bits per heavy atom. The van der Waals surface area contributed by atoms with Gasteiger partial charge in [0.15, 0.2) is 0 Å². The van der Waals surface area contributed by atoms with Crippen molar-refractivity contribution in [3.8, 4) is 5.75 Å². The number of nitrogens with zero attached hydrogens (tertiary/aromatic N) is 3. The summed E-state index contributed by atoms with van der Waals surface area (Å²) in [5, 5.41) is 11.5. The minimum absolute atomic E-state index is 0.194. The first kappa shape index (κ1) is 15.7. The molecule has 0 atom stereocenters. The summed E-state index contributed by atoms with van der Waals surface area (Å²) in [6, 6.07) is 7.52. The summed E-state index contributed by atoms with van der Waals surface area (Å²) in [6.45, 7) is 7.57. The Morgan fingerprint density at radius 3 is 2.50 bits per heavy atom. The van der Waals surface area contributed by atoms with Crippen LogP contribution in [0.2, 0.25) is 0 Å². The van der Waals surface area contributed by atoms with Crippen molar-refractivity contribution >= 4 is 12.2 Å². The number of nitrogens with one attached hydrogen (secondary N) is 2. The summed E-state index contributed by atoms with van der Waals surface area (Å²) in [4.78, 5) is 13.9. The van der Waals surface area contributed by atoms with Crippen LogP contribution in [0.5, 0.6) is 5.75 Å². The van der Waals surface area contributed by atoms with E-state index in [9.17, 15) is 4.79 Å². The van der Waals surface area contributed by atoms with Gasteiger partial charge in [0.25, 0.3) is 5.56 Å². The molecule has 2 aromatic rings. The highest BCUT2D eigenvalue weighted by Crippen LogP contribution is 2.17. The smallest absolute Gasteiger partial charge is 0.274 e. The molecule has 7 nitrogen and oxygen atoms in total. The van der Waals surface area contributed by atoms with Crippen molar-refractivity contribution in [2.45, 2.75) is 33.3 Å². The molecule has 0 saturated heterocycles. The zero-order chi connectivity index (χ0) is 16.2. The predicted molar refractivity (Wildman–Crippen MR) is 85.4 cm³/mol. The number of hydrogen-bond acceptors (Lipinski definition) is 6. The van der Waals surface area contributed by atoms with E-state index in [-0.39, 0.29) is 17.1 Å². The zero-order valence-electron chi connectivity index (χ0n) is 13.0. The lowest BCUT2D eigenvalue weighted by Gasteiger charge is -2.21. The zero-order valence-corrected chi connectivity index (χ0v) is 13.0. The molecule has 0 fully saturated rings. The number of anilines is 1. The van der Waals surface area contributed by atoms with Gasteiger partial charge in [0.05, 0.1) is 6.21 Å². The molecule has 0 amide bonds. The van der Waals surface area contributed by atoms with Gasteiger partial charge >= 0.3 is 0 Å². The van der Waals surface area contributed by atoms with Crippen LogP contribution in [0.15, 0.2) is 34.2 Å². The van der Waals surface area contributed by atoms with Crippen LogP contribution in [0, 0.1) is 6.92 Å². The lowest BCUT2D eigenvalue weighted by atomic mass is 10.2. The first-order valence-electron chi connectivity index (χ1n) is 6.85. The van der Waals surface area contributed by atoms with E-state index in [4.69, 9.17) is 4.74 Å². The molecule has 116 valence electrons. The van der Waals surface area contributed by atoms with Crippen LogP contribution >= 0.6 is 0 Å². The van der Waals surface area contributed by atoms with Crippen LogP contribution in [0.4, 0.5) is 5.95 Å². The molecule has 0 aliphatic rings. The summed E-state index contributed by atoms with van der Waals surface area (Å²) in [5.41, 5.74) is 3.29. The number of aromatic nitrogens is 3. The number of aromatic amines is 1. The molecule has 22 heavy (non-hydrogen) atoms. The van der Waals surface area contributed by atoms with Crippen molar-refractivity contribution < 1.29 is 4.74 Å². The summed E-state index contributed by atoms with van der Waals surface area (Å²) < 4.78 is 5.74. The van der Waals surface area contributed by atoms with Gasteiger partial charge in [-0.25, -0.2) is 5.43 Å². The Morgan fingerprint density at radius 1 is 1.23 bits per heavy atom. The number of hydrogen-bond donors (Lipinski definition) is 2. The van der Waals surface area contributed by atoms with Crippen LogP contribution in [0.1, 0.15) is 32.0 Å². The quantitative estimate of drug-likeness (QED) is 0.666. The number of hydrazone groups is 1. The molecule has 2 N–H and O–H groups in total. The molecule has 0 radical (unpaired) electrons. The van der Waals surface area contributed by atoms with Crippen LogP contribution in [0.3, 0.4) is 0 Å². The van der Waals surface area contributed by atoms with E-state index in [1.165, 1.54) is 0 Å². The molecule has 1 aromatic carbocycles. The highest BCUT2D eigenvalue weighted by Gasteiger charge is 2.11. The van der Waals surface area contributed by atoms with Gasteiger partial charge in [-0.05, 0) is 57.5 Å². The van der Waals surface area contributed by atoms with E-state index in [0.717, 1.165) is 11.3 Å². The second-order valence-electron chi connectivity index (χ2n) is 5.74. The molecule has 7 heteroatoms. The van der Waals surface area contributed by atoms with Gasteiger partial charge in [-0.1, -0.05) is 0 Å². The molecule has 0 bridgehead atoms. The van der Waals surface area contributed by atoms with Crippen molar-refractivity contribution in [3.05, 3.63) is 45.9 Å². The fourth-order valence-electron chi connectivity index (χ4n) is 1.59. The summed E-state index contributed by atoms with van der Waals surface area (Å²) in [6.07, 6.45) is 1.61. The van der Waals surface area contributed by atoms with E-state index in [2.05, 4.69) is 25.7 Å². The lowest BCUT2D eigenvalue weighted by molar-refractivity contribution is 0.131. The average Bonchev–Trinajstić information content (AvgIpc) is 2.43. The van der Waals surface area contributed by atoms with Gasteiger partial charge in [0, 0.05) is 0 Å². The van der Waals surface area contributed by atoms with Crippen LogP contribution in [-0.4, -0.2) is 27.0 Å². The van der Waals surface area contributed by atoms with Crippen LogP contribution in [0.25, 0.3) is 0 Å². The fourth-order valence-corrected chi connectivity index (χ4v) is 1.59. The normalized spacial score (nSPS) is 11.6. The Hall–Kier alpha value is -2.70. The topological polar surface area (TPSA) is 92.3 Å². The molecule has 0 unspecified atom stereocenters. The summed E-state index contributed by atoms with van der Waals surface area (Å²) in [7, 11) is 0. The number of benzene rings is 1. The predicted octanol–water partition coefficient (Wildman–Crippen LogP) is 2.10. The Bertz CT molecular complexity index is 714. The Kier molecular flexibility index (Phi) is 4.55. The summed E-state index contributed by atoms with van der Waals surface area (Å²) in [5.74, 6) is 0.992. The fraction of sp³-hybridized carbons (Fsp3) is 0.333. The van der Waals surface area contributed by atoms with Gasteiger partial charge in [-0.3, -0.25) is 9.78 Å². The SMILES string of the molecule is Cc1nnc(N/N=C/c2ccc(OC(C)(C)C)cc2)[nH]c1=O. The number of rotatable bonds is 4. The second kappa shape index (κ2) is 6.38. The molecular formula is C15H19N5O2. The van der Waals surface area contributed by atoms with Crippen LogP contribution in [-0.2, 0) is 0 Å². The van der Waals surface area contributed by atoms with Crippen molar-refractivity contribution in [3.63, 3.8) is 0 Å². The third-order valence-electron chi connectivity index (χ3n) is 2.55. The molecule has 0 spiro atoms. The molecule has 0 aliphatic carbocycles. The number of aryl methyl sites for hydroxylation is 1. The third kappa shape index (κ3) is 4.69. The van der Waals surface area contributed by atoms with Gasteiger partial charge in [0.2, 0.25) is 5.95 Å². The van der Waals surface area contributed by atoms with Gasteiger partial charge < -0.3 is 4.74 Å². The summed E-state index contributed by atoms with van der Waals surface area (Å²) >= 11 is 0. The number of ether oxygens (including phenoxy) is 1. The number of H-pyrrole nitrogens is 1. The Labute approximate surface area is 128 Å². The third-order valence-corrected chi connectivity index (χ3v) is 2.55. The van der Waals surface area contributed by atoms with Crippen molar-refractivity contribution in [2.75, 3.05) is 5.43 Å². The molecule has 1 aromatic heterocycles. The molecule has 0 saturated carbocycles. The van der Waals surface area contributed by atoms with E-state index in [0.29, 0.717) is 5.69 Å². The van der Waals surface area contributed by atoms with Crippen LogP contribution < -0.4 is 15.7 Å². The van der Waals surface area contributed by atoms with E-state index in [1.807, 2.05) is 45.0 Å². The lowest BCUT2D eigenvalue weighted by Crippen LogP contribution is -2.22. The molecule has 2 rings (SSSR count). The first-order valence-corrected chi connectivity index (χ1v) is 6.85. The monoisotopic (exact) mass is 301 g/mol.